The average Bonchev–Trinajstić information content (AvgIpc) is 2.27. The van der Waals surface area contributed by atoms with E-state index in [0.29, 0.717) is 17.9 Å². The third-order valence-electron chi connectivity index (χ3n) is 3.22. The third-order valence-corrected chi connectivity index (χ3v) is 3.22. The molecular weight excluding hydrogens is 216 g/mol. The van der Waals surface area contributed by atoms with Gasteiger partial charge >= 0.3 is 0 Å². The smallest absolute Gasteiger partial charge is 0.251 e. The molecule has 0 spiro atoms. The quantitative estimate of drug-likeness (QED) is 0.803. The Balaban J connectivity index is 1.90. The van der Waals surface area contributed by atoms with E-state index in [1.165, 1.54) is 19.3 Å². The van der Waals surface area contributed by atoms with Crippen LogP contribution >= 0.6 is 0 Å². The van der Waals surface area contributed by atoms with Crippen LogP contribution in [0.25, 0.3) is 0 Å². The summed E-state index contributed by atoms with van der Waals surface area (Å²) < 4.78 is 0. The van der Waals surface area contributed by atoms with Crippen LogP contribution in [0.5, 0.6) is 0 Å². The fraction of sp³-hybridized carbons (Fsp3) is 0.538. The molecule has 2 N–H and O–H groups in total. The van der Waals surface area contributed by atoms with Crippen LogP contribution in [0.2, 0.25) is 0 Å². The summed E-state index contributed by atoms with van der Waals surface area (Å²) in [5.41, 5.74) is 1.38. The minimum absolute atomic E-state index is 0.0431. The summed E-state index contributed by atoms with van der Waals surface area (Å²) in [6, 6.07) is 3.45. The number of pyridine rings is 1. The van der Waals surface area contributed by atoms with Crippen LogP contribution in [-0.4, -0.2) is 29.1 Å². The predicted octanol–water partition coefficient (Wildman–Crippen LogP) is 1.15. The molecule has 2 rings (SSSR count). The number of rotatable bonds is 5. The Labute approximate surface area is 101 Å². The van der Waals surface area contributed by atoms with Crippen LogP contribution in [0.4, 0.5) is 0 Å². The summed E-state index contributed by atoms with van der Waals surface area (Å²) in [5, 5.41) is 11.8. The summed E-state index contributed by atoms with van der Waals surface area (Å²) in [6.07, 6.45) is 5.85. The molecule has 0 unspecified atom stereocenters. The molecule has 4 nitrogen and oxygen atoms in total. The molecule has 1 saturated carbocycles. The molecule has 1 aromatic rings. The number of nitrogens with one attached hydrogen (secondary N) is 1. The van der Waals surface area contributed by atoms with Crippen LogP contribution in [0, 0.1) is 5.92 Å². The number of aliphatic hydroxyl groups is 1. The lowest BCUT2D eigenvalue weighted by molar-refractivity contribution is 0.0938. The molecule has 0 aromatic carbocycles. The molecular formula is C13H18N2O2. The van der Waals surface area contributed by atoms with Crippen molar-refractivity contribution in [3.8, 4) is 0 Å². The third kappa shape index (κ3) is 3.27. The van der Waals surface area contributed by atoms with Crippen molar-refractivity contribution in [1.29, 1.82) is 0 Å². The number of hydrogen-bond acceptors (Lipinski definition) is 3. The maximum absolute atomic E-state index is 11.8. The van der Waals surface area contributed by atoms with Crippen LogP contribution in [0.1, 0.15) is 35.3 Å². The predicted molar refractivity (Wildman–Crippen MR) is 64.7 cm³/mol. The topological polar surface area (TPSA) is 62.2 Å². The highest BCUT2D eigenvalue weighted by Gasteiger charge is 2.18. The van der Waals surface area contributed by atoms with E-state index in [0.717, 1.165) is 12.2 Å². The van der Waals surface area contributed by atoms with Crippen molar-refractivity contribution in [3.63, 3.8) is 0 Å². The van der Waals surface area contributed by atoms with Crippen LogP contribution in [-0.2, 0) is 6.42 Å². The molecule has 1 aliphatic rings. The molecule has 1 fully saturated rings. The fourth-order valence-corrected chi connectivity index (χ4v) is 1.91. The van der Waals surface area contributed by atoms with Gasteiger partial charge < -0.3 is 10.4 Å². The summed E-state index contributed by atoms with van der Waals surface area (Å²) >= 11 is 0. The monoisotopic (exact) mass is 234 g/mol. The Kier molecular flexibility index (Phi) is 4.09. The SMILES string of the molecule is O=C(NCC1CCC1)c1ccnc(CCO)c1. The van der Waals surface area contributed by atoms with Crippen molar-refractivity contribution >= 4 is 5.91 Å². The first-order valence-electron chi connectivity index (χ1n) is 6.13. The lowest BCUT2D eigenvalue weighted by Crippen LogP contribution is -2.32. The van der Waals surface area contributed by atoms with Gasteiger partial charge in [0, 0.05) is 37.0 Å². The van der Waals surface area contributed by atoms with E-state index in [4.69, 9.17) is 5.11 Å². The van der Waals surface area contributed by atoms with Gasteiger partial charge in [-0.25, -0.2) is 0 Å². The van der Waals surface area contributed by atoms with Crippen LogP contribution in [0.15, 0.2) is 18.3 Å². The Morgan fingerprint density at radius 3 is 3.00 bits per heavy atom. The highest BCUT2D eigenvalue weighted by atomic mass is 16.3. The highest BCUT2D eigenvalue weighted by molar-refractivity contribution is 5.94. The fourth-order valence-electron chi connectivity index (χ4n) is 1.91. The van der Waals surface area contributed by atoms with E-state index < -0.39 is 0 Å². The second-order valence-corrected chi connectivity index (χ2v) is 4.52. The molecule has 1 aromatic heterocycles. The average molecular weight is 234 g/mol. The van der Waals surface area contributed by atoms with Crippen molar-refractivity contribution in [3.05, 3.63) is 29.6 Å². The van der Waals surface area contributed by atoms with E-state index in [-0.39, 0.29) is 12.5 Å². The van der Waals surface area contributed by atoms with Crippen LogP contribution in [0.3, 0.4) is 0 Å². The number of carbonyl (C=O) groups excluding carboxylic acids is 1. The molecule has 1 heterocycles. The number of hydrogen-bond donors (Lipinski definition) is 2. The standard InChI is InChI=1S/C13H18N2O2/c16-7-5-12-8-11(4-6-14-12)13(17)15-9-10-2-1-3-10/h4,6,8,10,16H,1-3,5,7,9H2,(H,15,17). The van der Waals surface area contributed by atoms with Crippen molar-refractivity contribution in [2.45, 2.75) is 25.7 Å². The number of carbonyl (C=O) groups is 1. The molecule has 92 valence electrons. The molecule has 0 radical (unpaired) electrons. The lowest BCUT2D eigenvalue weighted by atomic mass is 9.85. The normalized spacial score (nSPS) is 15.4. The van der Waals surface area contributed by atoms with Crippen molar-refractivity contribution in [1.82, 2.24) is 10.3 Å². The molecule has 0 aliphatic heterocycles. The number of amides is 1. The van der Waals surface area contributed by atoms with E-state index in [1.807, 2.05) is 0 Å². The minimum atomic E-state index is -0.0431. The van der Waals surface area contributed by atoms with Gasteiger partial charge in [-0.15, -0.1) is 0 Å². The largest absolute Gasteiger partial charge is 0.396 e. The molecule has 1 aliphatic carbocycles. The second kappa shape index (κ2) is 5.77. The number of aliphatic hydroxyl groups excluding tert-OH is 1. The summed E-state index contributed by atoms with van der Waals surface area (Å²) in [6.45, 7) is 0.830. The van der Waals surface area contributed by atoms with Gasteiger partial charge in [0.25, 0.3) is 5.91 Å². The summed E-state index contributed by atoms with van der Waals surface area (Å²) in [5.74, 6) is 0.621. The highest BCUT2D eigenvalue weighted by Crippen LogP contribution is 2.25. The Morgan fingerprint density at radius 1 is 1.53 bits per heavy atom. The molecule has 0 saturated heterocycles. The van der Waals surface area contributed by atoms with E-state index in [2.05, 4.69) is 10.3 Å². The molecule has 0 bridgehead atoms. The second-order valence-electron chi connectivity index (χ2n) is 4.52. The first-order valence-corrected chi connectivity index (χ1v) is 6.13. The van der Waals surface area contributed by atoms with Crippen molar-refractivity contribution in [2.24, 2.45) is 5.92 Å². The van der Waals surface area contributed by atoms with Gasteiger partial charge in [-0.1, -0.05) is 6.42 Å². The minimum Gasteiger partial charge on any atom is -0.396 e. The van der Waals surface area contributed by atoms with Gasteiger partial charge in [-0.3, -0.25) is 9.78 Å². The van der Waals surface area contributed by atoms with E-state index in [1.54, 1.807) is 18.3 Å². The maximum Gasteiger partial charge on any atom is 0.251 e. The zero-order valence-corrected chi connectivity index (χ0v) is 9.85. The van der Waals surface area contributed by atoms with Crippen LogP contribution < -0.4 is 5.32 Å². The van der Waals surface area contributed by atoms with Gasteiger partial charge in [-0.05, 0) is 30.9 Å². The molecule has 1 amide bonds. The first kappa shape index (κ1) is 12.0. The Hall–Kier alpha value is -1.42. The maximum atomic E-state index is 11.8. The van der Waals surface area contributed by atoms with Gasteiger partial charge in [0.05, 0.1) is 0 Å². The van der Waals surface area contributed by atoms with E-state index in [9.17, 15) is 4.79 Å². The van der Waals surface area contributed by atoms with E-state index >= 15 is 0 Å². The Morgan fingerprint density at radius 2 is 2.35 bits per heavy atom. The van der Waals surface area contributed by atoms with Gasteiger partial charge in [0.15, 0.2) is 0 Å². The molecule has 17 heavy (non-hydrogen) atoms. The van der Waals surface area contributed by atoms with Crippen molar-refractivity contribution < 1.29 is 9.90 Å². The summed E-state index contributed by atoms with van der Waals surface area (Å²) in [7, 11) is 0. The van der Waals surface area contributed by atoms with Gasteiger partial charge in [0.1, 0.15) is 0 Å². The molecule has 4 heteroatoms. The van der Waals surface area contributed by atoms with Gasteiger partial charge in [-0.2, -0.15) is 0 Å². The van der Waals surface area contributed by atoms with Gasteiger partial charge in [0.2, 0.25) is 0 Å². The lowest BCUT2D eigenvalue weighted by Gasteiger charge is -2.25. The zero-order valence-electron chi connectivity index (χ0n) is 9.85. The first-order chi connectivity index (χ1) is 8.29. The Bertz CT molecular complexity index is 389. The number of nitrogens with zero attached hydrogens (tertiary/aromatic N) is 1. The number of aromatic nitrogens is 1. The molecule has 0 atom stereocenters. The summed E-state index contributed by atoms with van der Waals surface area (Å²) in [4.78, 5) is 15.9. The zero-order chi connectivity index (χ0) is 12.1. The van der Waals surface area contributed by atoms with Crippen molar-refractivity contribution in [2.75, 3.05) is 13.2 Å².